The molecule has 1 aromatic carbocycles. The van der Waals surface area contributed by atoms with Crippen molar-refractivity contribution in [1.82, 2.24) is 14.9 Å². The van der Waals surface area contributed by atoms with Crippen molar-refractivity contribution in [2.45, 2.75) is 38.8 Å². The first-order valence-electron chi connectivity index (χ1n) is 9.38. The quantitative estimate of drug-likeness (QED) is 0.850. The second-order valence-corrected chi connectivity index (χ2v) is 8.05. The molecule has 0 N–H and O–H groups in total. The van der Waals surface area contributed by atoms with Crippen LogP contribution < -0.4 is 4.90 Å². The van der Waals surface area contributed by atoms with E-state index in [-0.39, 0.29) is 5.41 Å². The minimum Gasteiger partial charge on any atom is -0.376 e. The number of fused-ring (bicyclic) bond motifs is 2. The Bertz CT molecular complexity index is 802. The Morgan fingerprint density at radius 2 is 1.92 bits per heavy atom. The van der Waals surface area contributed by atoms with Crippen LogP contribution in [0.2, 0.25) is 0 Å². The summed E-state index contributed by atoms with van der Waals surface area (Å²) in [6.07, 6.45) is 1.09. The van der Waals surface area contributed by atoms with Gasteiger partial charge in [-0.3, -0.25) is 4.90 Å². The fourth-order valence-corrected chi connectivity index (χ4v) is 4.17. The second-order valence-electron chi connectivity index (χ2n) is 8.05. The van der Waals surface area contributed by atoms with Gasteiger partial charge in [0.25, 0.3) is 0 Å². The molecular weight excluding hydrogens is 324 g/mol. The van der Waals surface area contributed by atoms with E-state index >= 15 is 0 Å². The van der Waals surface area contributed by atoms with E-state index in [9.17, 15) is 0 Å². The van der Waals surface area contributed by atoms with Gasteiger partial charge in [0, 0.05) is 38.4 Å². The van der Waals surface area contributed by atoms with Gasteiger partial charge in [-0.1, -0.05) is 29.8 Å². The molecule has 2 aliphatic heterocycles. The van der Waals surface area contributed by atoms with E-state index in [1.54, 1.807) is 0 Å². The summed E-state index contributed by atoms with van der Waals surface area (Å²) < 4.78 is 6.01. The molecule has 0 aliphatic carbocycles. The molecule has 1 aromatic heterocycles. The van der Waals surface area contributed by atoms with Gasteiger partial charge in [0.05, 0.1) is 24.3 Å². The number of ether oxygens (including phenoxy) is 1. The van der Waals surface area contributed by atoms with Gasteiger partial charge in [0.2, 0.25) is 5.95 Å². The van der Waals surface area contributed by atoms with Gasteiger partial charge in [0.1, 0.15) is 0 Å². The molecule has 0 amide bonds. The van der Waals surface area contributed by atoms with Crippen LogP contribution >= 0.6 is 0 Å². The van der Waals surface area contributed by atoms with Crippen molar-refractivity contribution in [1.29, 1.82) is 0 Å². The molecule has 26 heavy (non-hydrogen) atoms. The highest BCUT2D eigenvalue weighted by molar-refractivity contribution is 5.41. The number of benzene rings is 1. The summed E-state index contributed by atoms with van der Waals surface area (Å²) in [6.45, 7) is 8.67. The maximum Gasteiger partial charge on any atom is 0.225 e. The van der Waals surface area contributed by atoms with E-state index in [1.807, 2.05) is 19.0 Å². The Hall–Kier alpha value is -1.98. The zero-order valence-electron chi connectivity index (χ0n) is 16.2. The molecule has 0 saturated carbocycles. The summed E-state index contributed by atoms with van der Waals surface area (Å²) >= 11 is 0. The Labute approximate surface area is 156 Å². The number of aromatic nitrogens is 2. The Morgan fingerprint density at radius 1 is 1.15 bits per heavy atom. The summed E-state index contributed by atoms with van der Waals surface area (Å²) in [6, 6.07) is 8.87. The van der Waals surface area contributed by atoms with E-state index in [2.05, 4.69) is 48.0 Å². The molecule has 1 saturated heterocycles. The molecule has 138 valence electrons. The predicted octanol–water partition coefficient (Wildman–Crippen LogP) is 2.83. The highest BCUT2D eigenvalue weighted by atomic mass is 16.5. The van der Waals surface area contributed by atoms with E-state index < -0.39 is 0 Å². The summed E-state index contributed by atoms with van der Waals surface area (Å²) in [5.74, 6) is 0.805. The van der Waals surface area contributed by atoms with Crippen LogP contribution in [0.4, 0.5) is 5.95 Å². The molecule has 3 heterocycles. The number of rotatable bonds is 3. The largest absolute Gasteiger partial charge is 0.376 e. The van der Waals surface area contributed by atoms with E-state index in [0.29, 0.717) is 6.61 Å². The van der Waals surface area contributed by atoms with Crippen LogP contribution in [0.15, 0.2) is 24.3 Å². The first-order chi connectivity index (χ1) is 12.5. The lowest BCUT2D eigenvalue weighted by atomic mass is 9.80. The summed E-state index contributed by atoms with van der Waals surface area (Å²) in [4.78, 5) is 14.2. The van der Waals surface area contributed by atoms with Crippen molar-refractivity contribution < 1.29 is 4.74 Å². The number of aryl methyl sites for hydroxylation is 2. The van der Waals surface area contributed by atoms with Gasteiger partial charge in [0.15, 0.2) is 0 Å². The molecule has 2 aromatic rings. The van der Waals surface area contributed by atoms with Crippen molar-refractivity contribution in [2.24, 2.45) is 0 Å². The van der Waals surface area contributed by atoms with Gasteiger partial charge in [-0.15, -0.1) is 0 Å². The number of hydrogen-bond acceptors (Lipinski definition) is 5. The first kappa shape index (κ1) is 17.4. The highest BCUT2D eigenvalue weighted by Crippen LogP contribution is 2.40. The lowest BCUT2D eigenvalue weighted by molar-refractivity contribution is 0.0498. The molecule has 4 rings (SSSR count). The Morgan fingerprint density at radius 3 is 2.65 bits per heavy atom. The lowest BCUT2D eigenvalue weighted by Gasteiger charge is -2.35. The Kier molecular flexibility index (Phi) is 4.45. The lowest BCUT2D eigenvalue weighted by Crippen LogP contribution is -2.41. The fourth-order valence-electron chi connectivity index (χ4n) is 4.17. The standard InChI is InChI=1S/C21H28N4O/c1-15-5-7-17(8-6-15)11-25-10-9-21(13-25)14-26-12-18-16(2)22-20(24(3)4)23-19(18)21/h5-8H,9-14H2,1-4H3. The summed E-state index contributed by atoms with van der Waals surface area (Å²) in [7, 11) is 4.01. The molecule has 0 radical (unpaired) electrons. The van der Waals surface area contributed by atoms with Crippen LogP contribution in [0.3, 0.4) is 0 Å². The van der Waals surface area contributed by atoms with Gasteiger partial charge in [-0.05, 0) is 32.4 Å². The molecular formula is C21H28N4O. The average Bonchev–Trinajstić information content (AvgIpc) is 3.01. The second kappa shape index (κ2) is 6.63. The van der Waals surface area contributed by atoms with Crippen molar-refractivity contribution in [2.75, 3.05) is 38.7 Å². The number of hydrogen-bond donors (Lipinski definition) is 0. The minimum atomic E-state index is -0.00323. The molecule has 0 bridgehead atoms. The molecule has 1 atom stereocenters. The smallest absolute Gasteiger partial charge is 0.225 e. The molecule has 1 spiro atoms. The molecule has 5 heteroatoms. The van der Waals surface area contributed by atoms with Gasteiger partial charge in [-0.25, -0.2) is 9.97 Å². The summed E-state index contributed by atoms with van der Waals surface area (Å²) in [5.41, 5.74) is 6.14. The summed E-state index contributed by atoms with van der Waals surface area (Å²) in [5, 5.41) is 0. The van der Waals surface area contributed by atoms with Crippen LogP contribution in [0.5, 0.6) is 0 Å². The molecule has 5 nitrogen and oxygen atoms in total. The zero-order chi connectivity index (χ0) is 18.3. The van der Waals surface area contributed by atoms with Crippen molar-refractivity contribution in [3.8, 4) is 0 Å². The van der Waals surface area contributed by atoms with Crippen molar-refractivity contribution >= 4 is 5.95 Å². The van der Waals surface area contributed by atoms with Crippen LogP contribution in [0.1, 0.15) is 34.5 Å². The number of likely N-dealkylation sites (tertiary alicyclic amines) is 1. The molecule has 1 unspecified atom stereocenters. The van der Waals surface area contributed by atoms with Crippen LogP contribution in [0, 0.1) is 13.8 Å². The van der Waals surface area contributed by atoms with E-state index in [4.69, 9.17) is 9.72 Å². The predicted molar refractivity (Wildman–Crippen MR) is 104 cm³/mol. The third-order valence-corrected chi connectivity index (χ3v) is 5.69. The SMILES string of the molecule is Cc1ccc(CN2CCC3(COCc4c(C)nc(N(C)C)nc43)C2)cc1. The first-order valence-corrected chi connectivity index (χ1v) is 9.38. The zero-order valence-corrected chi connectivity index (χ0v) is 16.2. The monoisotopic (exact) mass is 352 g/mol. The van der Waals surface area contributed by atoms with Crippen LogP contribution in [-0.2, 0) is 23.3 Å². The third kappa shape index (κ3) is 3.10. The van der Waals surface area contributed by atoms with Crippen LogP contribution in [-0.4, -0.2) is 48.7 Å². The van der Waals surface area contributed by atoms with E-state index in [0.717, 1.165) is 44.3 Å². The van der Waals surface area contributed by atoms with Crippen LogP contribution in [0.25, 0.3) is 0 Å². The van der Waals surface area contributed by atoms with Gasteiger partial charge < -0.3 is 9.64 Å². The topological polar surface area (TPSA) is 41.5 Å². The maximum absolute atomic E-state index is 6.01. The molecule has 1 fully saturated rings. The number of anilines is 1. The normalized spacial score (nSPS) is 22.6. The van der Waals surface area contributed by atoms with Gasteiger partial charge >= 0.3 is 0 Å². The fraction of sp³-hybridized carbons (Fsp3) is 0.524. The average molecular weight is 352 g/mol. The van der Waals surface area contributed by atoms with Crippen molar-refractivity contribution in [3.63, 3.8) is 0 Å². The highest BCUT2D eigenvalue weighted by Gasteiger charge is 2.45. The van der Waals surface area contributed by atoms with Gasteiger partial charge in [-0.2, -0.15) is 0 Å². The van der Waals surface area contributed by atoms with E-state index in [1.165, 1.54) is 22.4 Å². The number of nitrogens with zero attached hydrogens (tertiary/aromatic N) is 4. The third-order valence-electron chi connectivity index (χ3n) is 5.69. The maximum atomic E-state index is 6.01. The van der Waals surface area contributed by atoms with Crippen molar-refractivity contribution in [3.05, 3.63) is 52.3 Å². The molecule has 2 aliphatic rings. The Balaban J connectivity index is 1.61. The minimum absolute atomic E-state index is 0.00323.